The van der Waals surface area contributed by atoms with Crippen molar-refractivity contribution in [3.05, 3.63) is 64.8 Å². The molecule has 48 heavy (non-hydrogen) atoms. The van der Waals surface area contributed by atoms with Gasteiger partial charge in [0.1, 0.15) is 0 Å². The van der Waals surface area contributed by atoms with Gasteiger partial charge in [0, 0.05) is 91.9 Å². The summed E-state index contributed by atoms with van der Waals surface area (Å²) in [6.07, 6.45) is -5.47. The first-order chi connectivity index (χ1) is 23.0. The first-order valence-corrected chi connectivity index (χ1v) is 17.6. The molecule has 3 aromatic rings. The molecule has 0 saturated carbocycles. The van der Waals surface area contributed by atoms with Crippen molar-refractivity contribution in [2.75, 3.05) is 69.6 Å². The standard InChI is InChI=1S/C34H42F6N6OS/c35-33(36,37)25-5-4-6-26(20-25)45-15-13-44(14-16-45)22-27(47)23-46-30-9-10-41-21-28(30)32(42-46)24-7-8-29(34(38,39)40)31(19-24)48-18-17-43-11-2-1-3-12-43/h4-8,19-20,27,41,47H,1-3,9-18,21-23H2. The number of piperidine rings is 1. The molecule has 7 nitrogen and oxygen atoms in total. The third-order valence-electron chi connectivity index (χ3n) is 9.44. The Bertz CT molecular complexity index is 1530. The monoisotopic (exact) mass is 696 g/mol. The SMILES string of the molecule is OC(CN1CCN(c2cccc(C(F)(F)F)c2)CC1)Cn1nc(-c2ccc(C(F)(F)F)c(SCCN3CCCCC3)c2)c2c1CCNC2. The highest BCUT2D eigenvalue weighted by atomic mass is 32.2. The predicted molar refractivity (Wildman–Crippen MR) is 175 cm³/mol. The number of aliphatic hydroxyl groups is 1. The Morgan fingerprint density at radius 3 is 2.35 bits per heavy atom. The van der Waals surface area contributed by atoms with Crippen LogP contribution in [0.3, 0.4) is 0 Å². The summed E-state index contributed by atoms with van der Waals surface area (Å²) in [5, 5.41) is 19.3. The van der Waals surface area contributed by atoms with Crippen LogP contribution in [0.25, 0.3) is 11.3 Å². The molecule has 1 aromatic heterocycles. The van der Waals surface area contributed by atoms with Crippen molar-refractivity contribution >= 4 is 17.4 Å². The average Bonchev–Trinajstić information content (AvgIpc) is 3.43. The highest BCUT2D eigenvalue weighted by Crippen LogP contribution is 2.40. The van der Waals surface area contributed by atoms with Crippen LogP contribution in [-0.2, 0) is 31.9 Å². The summed E-state index contributed by atoms with van der Waals surface area (Å²) in [5.41, 5.74) is 2.39. The zero-order chi connectivity index (χ0) is 33.9. The molecule has 262 valence electrons. The minimum absolute atomic E-state index is 0.202. The van der Waals surface area contributed by atoms with E-state index in [1.54, 1.807) is 16.8 Å². The van der Waals surface area contributed by atoms with Crippen LogP contribution in [0, 0.1) is 0 Å². The molecule has 2 fully saturated rings. The van der Waals surface area contributed by atoms with Crippen molar-refractivity contribution in [2.24, 2.45) is 0 Å². The molecule has 2 aromatic carbocycles. The smallest absolute Gasteiger partial charge is 0.390 e. The molecule has 1 atom stereocenters. The van der Waals surface area contributed by atoms with E-state index in [4.69, 9.17) is 5.10 Å². The third-order valence-corrected chi connectivity index (χ3v) is 10.5. The van der Waals surface area contributed by atoms with E-state index in [9.17, 15) is 31.4 Å². The van der Waals surface area contributed by atoms with Gasteiger partial charge >= 0.3 is 12.4 Å². The number of nitrogens with one attached hydrogen (secondary N) is 1. The van der Waals surface area contributed by atoms with Crippen LogP contribution >= 0.6 is 11.8 Å². The first kappa shape index (κ1) is 35.1. The number of anilines is 1. The molecule has 0 radical (unpaired) electrons. The molecule has 1 unspecified atom stereocenters. The summed E-state index contributed by atoms with van der Waals surface area (Å²) >= 11 is 1.24. The largest absolute Gasteiger partial charge is 0.417 e. The summed E-state index contributed by atoms with van der Waals surface area (Å²) in [6, 6.07) is 9.62. The predicted octanol–water partition coefficient (Wildman–Crippen LogP) is 5.99. The lowest BCUT2D eigenvalue weighted by Gasteiger charge is -2.37. The summed E-state index contributed by atoms with van der Waals surface area (Å²) in [4.78, 5) is 6.54. The highest BCUT2D eigenvalue weighted by molar-refractivity contribution is 7.99. The summed E-state index contributed by atoms with van der Waals surface area (Å²) in [6.45, 7) is 6.85. The lowest BCUT2D eigenvalue weighted by atomic mass is 10.0. The number of halogens is 6. The molecular weight excluding hydrogens is 654 g/mol. The van der Waals surface area contributed by atoms with Crippen molar-refractivity contribution in [1.82, 2.24) is 24.9 Å². The van der Waals surface area contributed by atoms with Crippen LogP contribution in [0.1, 0.15) is 41.6 Å². The second-order valence-corrected chi connectivity index (χ2v) is 14.0. The van der Waals surface area contributed by atoms with Crippen LogP contribution in [0.5, 0.6) is 0 Å². The molecule has 0 bridgehead atoms. The molecule has 2 saturated heterocycles. The molecular formula is C34H42F6N6OS. The molecule has 6 rings (SSSR count). The van der Waals surface area contributed by atoms with E-state index in [0.29, 0.717) is 68.4 Å². The molecule has 2 N–H and O–H groups in total. The van der Waals surface area contributed by atoms with Crippen LogP contribution in [0.2, 0.25) is 0 Å². The number of aliphatic hydroxyl groups excluding tert-OH is 1. The Balaban J connectivity index is 1.12. The topological polar surface area (TPSA) is 59.8 Å². The van der Waals surface area contributed by atoms with Crippen molar-refractivity contribution < 1.29 is 31.4 Å². The number of hydrogen-bond donors (Lipinski definition) is 2. The minimum Gasteiger partial charge on any atom is -0.390 e. The van der Waals surface area contributed by atoms with E-state index in [1.807, 2.05) is 4.90 Å². The maximum absolute atomic E-state index is 14.0. The van der Waals surface area contributed by atoms with Crippen LogP contribution in [-0.4, -0.2) is 95.4 Å². The van der Waals surface area contributed by atoms with Gasteiger partial charge in [-0.3, -0.25) is 9.58 Å². The molecule has 0 aliphatic carbocycles. The number of β-amino-alcohol motifs (C(OH)–C–C–N with tert-alkyl or cyclic N) is 1. The lowest BCUT2D eigenvalue weighted by Crippen LogP contribution is -2.49. The number of likely N-dealkylation sites (tertiary alicyclic amines) is 1. The molecule has 4 heterocycles. The van der Waals surface area contributed by atoms with Crippen molar-refractivity contribution in [3.8, 4) is 11.3 Å². The zero-order valence-corrected chi connectivity index (χ0v) is 27.6. The molecule has 0 spiro atoms. The van der Waals surface area contributed by atoms with E-state index in [0.717, 1.165) is 62.4 Å². The van der Waals surface area contributed by atoms with Crippen LogP contribution < -0.4 is 10.2 Å². The zero-order valence-electron chi connectivity index (χ0n) is 26.8. The average molecular weight is 697 g/mol. The maximum Gasteiger partial charge on any atom is 0.417 e. The van der Waals surface area contributed by atoms with E-state index in [2.05, 4.69) is 15.1 Å². The minimum atomic E-state index is -4.46. The van der Waals surface area contributed by atoms with Gasteiger partial charge in [-0.1, -0.05) is 18.6 Å². The summed E-state index contributed by atoms with van der Waals surface area (Å²) < 4.78 is 83.4. The second kappa shape index (κ2) is 15.0. The van der Waals surface area contributed by atoms with E-state index >= 15 is 0 Å². The van der Waals surface area contributed by atoms with Crippen molar-refractivity contribution in [3.63, 3.8) is 0 Å². The fraction of sp³-hybridized carbons (Fsp3) is 0.559. The number of thioether (sulfide) groups is 1. The highest BCUT2D eigenvalue weighted by Gasteiger charge is 2.35. The number of benzene rings is 2. The molecule has 3 aliphatic rings. The Hall–Kier alpha value is -2.78. The van der Waals surface area contributed by atoms with E-state index < -0.39 is 29.6 Å². The first-order valence-electron chi connectivity index (χ1n) is 16.6. The number of nitrogens with zero attached hydrogens (tertiary/aromatic N) is 5. The number of aromatic nitrogens is 2. The number of hydrogen-bond acceptors (Lipinski definition) is 7. The maximum atomic E-state index is 14.0. The van der Waals surface area contributed by atoms with Gasteiger partial charge in [-0.05, 0) is 56.3 Å². The van der Waals surface area contributed by atoms with Crippen LogP contribution in [0.15, 0.2) is 47.4 Å². The quantitative estimate of drug-likeness (QED) is 0.200. The number of fused-ring (bicyclic) bond motifs is 1. The Labute approximate surface area is 281 Å². The molecule has 0 amide bonds. The van der Waals surface area contributed by atoms with E-state index in [1.165, 1.54) is 36.4 Å². The Morgan fingerprint density at radius 2 is 1.62 bits per heavy atom. The van der Waals surface area contributed by atoms with Gasteiger partial charge in [0.05, 0.1) is 29.5 Å². The van der Waals surface area contributed by atoms with Gasteiger partial charge in [-0.25, -0.2) is 0 Å². The van der Waals surface area contributed by atoms with Crippen molar-refractivity contribution in [1.29, 1.82) is 0 Å². The van der Waals surface area contributed by atoms with Gasteiger partial charge in [0.2, 0.25) is 0 Å². The summed E-state index contributed by atoms with van der Waals surface area (Å²) in [7, 11) is 0. The van der Waals surface area contributed by atoms with Crippen LogP contribution in [0.4, 0.5) is 32.0 Å². The Morgan fingerprint density at radius 1 is 0.854 bits per heavy atom. The fourth-order valence-electron chi connectivity index (χ4n) is 6.92. The lowest BCUT2D eigenvalue weighted by molar-refractivity contribution is -0.140. The van der Waals surface area contributed by atoms with Crippen molar-refractivity contribution in [2.45, 2.75) is 62.1 Å². The molecule has 3 aliphatic heterocycles. The number of piperazine rings is 1. The fourth-order valence-corrected chi connectivity index (χ4v) is 8.04. The summed E-state index contributed by atoms with van der Waals surface area (Å²) in [5.74, 6) is 0.570. The molecule has 14 heteroatoms. The number of rotatable bonds is 10. The van der Waals surface area contributed by atoms with Gasteiger partial charge in [-0.2, -0.15) is 31.4 Å². The third kappa shape index (κ3) is 8.50. The number of alkyl halides is 6. The van der Waals surface area contributed by atoms with Gasteiger partial charge in [-0.15, -0.1) is 11.8 Å². The second-order valence-electron chi connectivity index (χ2n) is 12.8. The van der Waals surface area contributed by atoms with Gasteiger partial charge < -0.3 is 20.2 Å². The van der Waals surface area contributed by atoms with Gasteiger partial charge in [0.15, 0.2) is 0 Å². The normalized spacial score (nSPS) is 19.0. The Kier molecular flexibility index (Phi) is 11.0. The van der Waals surface area contributed by atoms with E-state index in [-0.39, 0.29) is 11.4 Å². The van der Waals surface area contributed by atoms with Gasteiger partial charge in [0.25, 0.3) is 0 Å².